The van der Waals surface area contributed by atoms with E-state index >= 15 is 0 Å². The smallest absolute Gasteiger partial charge is 0.181 e. The average molecular weight is 310 g/mol. The molecule has 0 N–H and O–H groups in total. The van der Waals surface area contributed by atoms with Crippen molar-refractivity contribution in [3.8, 4) is 0 Å². The fraction of sp³-hybridized carbons (Fsp3) is 0.619. The molecule has 3 saturated carbocycles. The lowest BCUT2D eigenvalue weighted by Gasteiger charge is -2.56. The summed E-state index contributed by atoms with van der Waals surface area (Å²) in [5.41, 5.74) is 2.95. The lowest BCUT2D eigenvalue weighted by Crippen LogP contribution is -2.50. The molecule has 0 radical (unpaired) electrons. The van der Waals surface area contributed by atoms with Crippen molar-refractivity contribution in [3.63, 3.8) is 0 Å². The van der Waals surface area contributed by atoms with Gasteiger partial charge in [-0.15, -0.1) is 0 Å². The molecule has 0 heterocycles. The van der Waals surface area contributed by atoms with Gasteiger partial charge in [0.15, 0.2) is 5.78 Å². The van der Waals surface area contributed by atoms with E-state index in [1.165, 1.54) is 0 Å². The molecule has 2 heteroatoms. The number of rotatable bonds is 0. The predicted octanol–water partition coefficient (Wildman–Crippen LogP) is 4.42. The molecule has 0 spiro atoms. The number of Topliss-reactive ketones (excluding diaryl/α,β-unsaturated/α-hetero) is 1. The molecular formula is C21H26O2. The molecule has 4 aliphatic rings. The maximum Gasteiger partial charge on any atom is 0.181 e. The normalized spacial score (nSPS) is 45.9. The van der Waals surface area contributed by atoms with E-state index in [0.29, 0.717) is 23.5 Å². The fourth-order valence-corrected chi connectivity index (χ4v) is 6.27. The summed E-state index contributed by atoms with van der Waals surface area (Å²) in [6, 6.07) is 0. The Morgan fingerprint density at radius 1 is 1.17 bits per heavy atom. The molecule has 122 valence electrons. The van der Waals surface area contributed by atoms with Crippen LogP contribution in [0.15, 0.2) is 35.5 Å². The molecular weight excluding hydrogens is 284 g/mol. The van der Waals surface area contributed by atoms with Gasteiger partial charge in [-0.1, -0.05) is 32.1 Å². The highest BCUT2D eigenvalue weighted by molar-refractivity contribution is 6.06. The van der Waals surface area contributed by atoms with Gasteiger partial charge in [-0.05, 0) is 67.6 Å². The van der Waals surface area contributed by atoms with Crippen molar-refractivity contribution in [2.75, 3.05) is 0 Å². The summed E-state index contributed by atoms with van der Waals surface area (Å²) >= 11 is 0. The zero-order valence-corrected chi connectivity index (χ0v) is 14.4. The standard InChI is InChI=1S/C21H26O2/c1-12-9-14-15-5-6-19(23)20(15,3)8-7-16(14)21(4)11-13(2)18(22)10-17(12)21/h10-11,14-16H,1,5-9H2,2-4H3/t14-,15-,16-,20-,21+/m0/s1. The molecule has 0 aromatic rings. The van der Waals surface area contributed by atoms with Gasteiger partial charge in [-0.2, -0.15) is 0 Å². The molecule has 5 atom stereocenters. The summed E-state index contributed by atoms with van der Waals surface area (Å²) in [7, 11) is 0. The van der Waals surface area contributed by atoms with Crippen LogP contribution in [0.3, 0.4) is 0 Å². The summed E-state index contributed by atoms with van der Waals surface area (Å²) in [5.74, 6) is 2.17. The maximum atomic E-state index is 12.5. The van der Waals surface area contributed by atoms with Crippen LogP contribution >= 0.6 is 0 Å². The zero-order valence-electron chi connectivity index (χ0n) is 14.4. The van der Waals surface area contributed by atoms with Gasteiger partial charge in [0.2, 0.25) is 0 Å². The Kier molecular flexibility index (Phi) is 2.99. The second-order valence-electron chi connectivity index (χ2n) is 8.63. The fourth-order valence-electron chi connectivity index (χ4n) is 6.27. The van der Waals surface area contributed by atoms with Crippen LogP contribution < -0.4 is 0 Å². The van der Waals surface area contributed by atoms with Gasteiger partial charge in [0.1, 0.15) is 5.78 Å². The summed E-state index contributed by atoms with van der Waals surface area (Å²) in [4.78, 5) is 24.6. The lowest BCUT2D eigenvalue weighted by atomic mass is 9.47. The lowest BCUT2D eigenvalue weighted by molar-refractivity contribution is -0.131. The van der Waals surface area contributed by atoms with Gasteiger partial charge in [-0.25, -0.2) is 0 Å². The van der Waals surface area contributed by atoms with E-state index < -0.39 is 0 Å². The Labute approximate surface area is 138 Å². The number of carbonyl (C=O) groups excluding carboxylic acids is 2. The molecule has 2 nitrogen and oxygen atoms in total. The van der Waals surface area contributed by atoms with Crippen LogP contribution in [0.4, 0.5) is 0 Å². The minimum Gasteiger partial charge on any atom is -0.299 e. The number of hydrogen-bond donors (Lipinski definition) is 0. The first-order valence-electron chi connectivity index (χ1n) is 8.95. The van der Waals surface area contributed by atoms with Crippen LogP contribution in [0, 0.1) is 28.6 Å². The van der Waals surface area contributed by atoms with Crippen molar-refractivity contribution < 1.29 is 9.59 Å². The topological polar surface area (TPSA) is 34.1 Å². The van der Waals surface area contributed by atoms with Gasteiger partial charge in [0, 0.05) is 17.3 Å². The summed E-state index contributed by atoms with van der Waals surface area (Å²) in [6.07, 6.45) is 8.88. The second kappa shape index (κ2) is 4.55. The van der Waals surface area contributed by atoms with Crippen LogP contribution in [0.5, 0.6) is 0 Å². The third-order valence-electron chi connectivity index (χ3n) is 7.54. The molecule has 0 amide bonds. The van der Waals surface area contributed by atoms with Gasteiger partial charge in [0.05, 0.1) is 0 Å². The second-order valence-corrected chi connectivity index (χ2v) is 8.63. The zero-order chi connectivity index (χ0) is 16.6. The molecule has 0 unspecified atom stereocenters. The van der Waals surface area contributed by atoms with Crippen molar-refractivity contribution in [1.29, 1.82) is 0 Å². The van der Waals surface area contributed by atoms with E-state index in [9.17, 15) is 9.59 Å². The number of ketones is 2. The Hall–Kier alpha value is -1.44. The SMILES string of the molecule is C=C1C[C@@H]2[C@H](CC[C@]3(C)C(=O)CC[C@@H]23)[C@@]2(C)C=C(C)C(=O)C=C12. The first-order chi connectivity index (χ1) is 10.8. The van der Waals surface area contributed by atoms with Crippen molar-refractivity contribution in [2.24, 2.45) is 28.6 Å². The number of fused-ring (bicyclic) bond motifs is 5. The number of hydrogen-bond acceptors (Lipinski definition) is 2. The Balaban J connectivity index is 1.80. The van der Waals surface area contributed by atoms with Crippen LogP contribution in [-0.2, 0) is 9.59 Å². The molecule has 0 bridgehead atoms. The summed E-state index contributed by atoms with van der Waals surface area (Å²) < 4.78 is 0. The van der Waals surface area contributed by atoms with Crippen molar-refractivity contribution in [2.45, 2.75) is 52.9 Å². The van der Waals surface area contributed by atoms with E-state index in [0.717, 1.165) is 48.8 Å². The van der Waals surface area contributed by atoms with Crippen molar-refractivity contribution in [3.05, 3.63) is 35.5 Å². The first-order valence-corrected chi connectivity index (χ1v) is 8.95. The molecule has 0 aromatic carbocycles. The number of carbonyl (C=O) groups is 2. The van der Waals surface area contributed by atoms with Crippen LogP contribution in [0.1, 0.15) is 52.9 Å². The molecule has 4 rings (SSSR count). The highest BCUT2D eigenvalue weighted by atomic mass is 16.1. The van der Waals surface area contributed by atoms with Crippen molar-refractivity contribution >= 4 is 11.6 Å². The Bertz CT molecular complexity index is 695. The molecule has 3 fully saturated rings. The van der Waals surface area contributed by atoms with E-state index in [-0.39, 0.29) is 16.6 Å². The molecule has 0 aliphatic heterocycles. The monoisotopic (exact) mass is 310 g/mol. The molecule has 0 aromatic heterocycles. The maximum absolute atomic E-state index is 12.5. The predicted molar refractivity (Wildman–Crippen MR) is 90.8 cm³/mol. The van der Waals surface area contributed by atoms with E-state index in [4.69, 9.17) is 0 Å². The van der Waals surface area contributed by atoms with Gasteiger partial charge < -0.3 is 0 Å². The minimum atomic E-state index is -0.109. The largest absolute Gasteiger partial charge is 0.299 e. The minimum absolute atomic E-state index is 0.0784. The summed E-state index contributed by atoms with van der Waals surface area (Å²) in [6.45, 7) is 10.7. The van der Waals surface area contributed by atoms with Crippen LogP contribution in [-0.4, -0.2) is 11.6 Å². The third kappa shape index (κ3) is 1.81. The van der Waals surface area contributed by atoms with Gasteiger partial charge in [0.25, 0.3) is 0 Å². The highest BCUT2D eigenvalue weighted by Crippen LogP contribution is 2.64. The van der Waals surface area contributed by atoms with Crippen LogP contribution in [0.2, 0.25) is 0 Å². The first kappa shape index (κ1) is 15.1. The molecule has 23 heavy (non-hydrogen) atoms. The quantitative estimate of drug-likeness (QED) is 0.663. The average Bonchev–Trinajstić information content (AvgIpc) is 2.78. The van der Waals surface area contributed by atoms with Gasteiger partial charge >= 0.3 is 0 Å². The molecule has 4 aliphatic carbocycles. The third-order valence-corrected chi connectivity index (χ3v) is 7.54. The molecule has 0 saturated heterocycles. The Morgan fingerprint density at radius 3 is 2.65 bits per heavy atom. The highest BCUT2D eigenvalue weighted by Gasteiger charge is 2.59. The Morgan fingerprint density at radius 2 is 1.91 bits per heavy atom. The van der Waals surface area contributed by atoms with Crippen LogP contribution in [0.25, 0.3) is 0 Å². The van der Waals surface area contributed by atoms with E-state index in [2.05, 4.69) is 26.5 Å². The number of allylic oxidation sites excluding steroid dienone is 5. The van der Waals surface area contributed by atoms with E-state index in [1.807, 2.05) is 13.0 Å². The summed E-state index contributed by atoms with van der Waals surface area (Å²) in [5, 5.41) is 0. The van der Waals surface area contributed by atoms with Gasteiger partial charge in [-0.3, -0.25) is 9.59 Å². The van der Waals surface area contributed by atoms with E-state index in [1.54, 1.807) is 0 Å². The van der Waals surface area contributed by atoms with Crippen molar-refractivity contribution in [1.82, 2.24) is 0 Å².